The predicted octanol–water partition coefficient (Wildman–Crippen LogP) is 3.04. The van der Waals surface area contributed by atoms with E-state index in [9.17, 15) is 4.79 Å². The summed E-state index contributed by atoms with van der Waals surface area (Å²) in [6, 6.07) is 1.74. The van der Waals surface area contributed by atoms with Gasteiger partial charge in [-0.05, 0) is 76.0 Å². The summed E-state index contributed by atoms with van der Waals surface area (Å²) in [7, 11) is 4.21. The number of amides is 1. The van der Waals surface area contributed by atoms with Crippen LogP contribution in [-0.2, 0) is 11.2 Å². The van der Waals surface area contributed by atoms with Crippen LogP contribution in [0.4, 0.5) is 0 Å². The van der Waals surface area contributed by atoms with Crippen LogP contribution < -0.4 is 5.43 Å². The molecule has 1 aliphatic rings. The highest BCUT2D eigenvalue weighted by atomic mass is 16.2. The van der Waals surface area contributed by atoms with Gasteiger partial charge < -0.3 is 9.88 Å². The molecule has 0 atom stereocenters. The Hall–Kier alpha value is -2.80. The topological polar surface area (TPSA) is 86.3 Å². The maximum Gasteiger partial charge on any atom is 0.273 e. The van der Waals surface area contributed by atoms with Gasteiger partial charge >= 0.3 is 0 Å². The van der Waals surface area contributed by atoms with Crippen LogP contribution in [0.25, 0.3) is 6.08 Å². The number of nitrogens with zero attached hydrogens (tertiary/aromatic N) is 4. The molecule has 0 saturated heterocycles. The lowest BCUT2D eigenvalue weighted by molar-refractivity contribution is -0.116. The monoisotopic (exact) mass is 394 g/mol. The van der Waals surface area contributed by atoms with Crippen molar-refractivity contribution in [2.75, 3.05) is 20.6 Å². The molecule has 3 heterocycles. The molecule has 0 aliphatic carbocycles. The first kappa shape index (κ1) is 20.9. The van der Waals surface area contributed by atoms with Crippen LogP contribution in [0, 0.1) is 6.92 Å². The van der Waals surface area contributed by atoms with E-state index in [1.165, 1.54) is 16.8 Å². The molecule has 0 radical (unpaired) electrons. The van der Waals surface area contributed by atoms with E-state index >= 15 is 0 Å². The van der Waals surface area contributed by atoms with Crippen molar-refractivity contribution in [3.63, 3.8) is 0 Å². The number of unbranched alkanes of at least 4 members (excludes halogenated alkanes) is 1. The number of carbonyl (C=O) groups excluding carboxylic acids is 1. The standard InChI is InChI=1S/C22H30N6O/c1-14(2)19-16(9-6-7-12-28(4)5)15(3)25-18(19)13-17-20(26-27-22(17)29)21-23-10-8-11-24-21/h8,10-11,13-14,25H,6-7,9,12H2,1-5H3,(H,27,29)/b17-13+. The second-order valence-electron chi connectivity index (χ2n) is 8.00. The fourth-order valence-corrected chi connectivity index (χ4v) is 3.74. The lowest BCUT2D eigenvalue weighted by atomic mass is 9.93. The van der Waals surface area contributed by atoms with Gasteiger partial charge in [-0.3, -0.25) is 4.79 Å². The number of carbonyl (C=O) groups is 1. The Balaban J connectivity index is 1.92. The molecule has 29 heavy (non-hydrogen) atoms. The van der Waals surface area contributed by atoms with E-state index < -0.39 is 0 Å². The number of aromatic nitrogens is 3. The molecule has 1 amide bonds. The number of rotatable bonds is 8. The number of hydrogen-bond donors (Lipinski definition) is 2. The smallest absolute Gasteiger partial charge is 0.273 e. The van der Waals surface area contributed by atoms with Gasteiger partial charge in [0, 0.05) is 23.8 Å². The summed E-state index contributed by atoms with van der Waals surface area (Å²) in [6.45, 7) is 7.59. The van der Waals surface area contributed by atoms with Gasteiger partial charge in [0.25, 0.3) is 5.91 Å². The van der Waals surface area contributed by atoms with Crippen molar-refractivity contribution in [1.29, 1.82) is 0 Å². The van der Waals surface area contributed by atoms with Crippen LogP contribution in [0.3, 0.4) is 0 Å². The molecule has 0 unspecified atom stereocenters. The van der Waals surface area contributed by atoms with Crippen LogP contribution in [-0.4, -0.2) is 52.1 Å². The van der Waals surface area contributed by atoms with Gasteiger partial charge in [0.15, 0.2) is 5.82 Å². The number of hydrazone groups is 1. The molecule has 0 aromatic carbocycles. The zero-order valence-corrected chi connectivity index (χ0v) is 17.9. The minimum atomic E-state index is -0.234. The third-order valence-corrected chi connectivity index (χ3v) is 5.08. The third kappa shape index (κ3) is 4.79. The summed E-state index contributed by atoms with van der Waals surface area (Å²) < 4.78 is 0. The van der Waals surface area contributed by atoms with Gasteiger partial charge in [-0.2, -0.15) is 5.10 Å². The predicted molar refractivity (Wildman–Crippen MR) is 116 cm³/mol. The highest BCUT2D eigenvalue weighted by Gasteiger charge is 2.27. The maximum absolute atomic E-state index is 12.4. The van der Waals surface area contributed by atoms with Crippen molar-refractivity contribution >= 4 is 17.7 Å². The van der Waals surface area contributed by atoms with Crippen LogP contribution in [0.15, 0.2) is 29.1 Å². The minimum absolute atomic E-state index is 0.234. The van der Waals surface area contributed by atoms with Crippen LogP contribution in [0.5, 0.6) is 0 Å². The Morgan fingerprint density at radius 1 is 1.17 bits per heavy atom. The fourth-order valence-electron chi connectivity index (χ4n) is 3.74. The molecule has 3 rings (SSSR count). The molecule has 154 valence electrons. The summed E-state index contributed by atoms with van der Waals surface area (Å²) in [6.07, 6.45) is 8.52. The molecular formula is C22H30N6O. The summed E-state index contributed by atoms with van der Waals surface area (Å²) in [5.41, 5.74) is 8.27. The third-order valence-electron chi connectivity index (χ3n) is 5.08. The zero-order valence-electron chi connectivity index (χ0n) is 17.9. The number of hydrogen-bond acceptors (Lipinski definition) is 5. The van der Waals surface area contributed by atoms with Gasteiger partial charge in [-0.1, -0.05) is 13.8 Å². The molecule has 7 heteroatoms. The van der Waals surface area contributed by atoms with E-state index in [1.54, 1.807) is 18.5 Å². The Morgan fingerprint density at radius 3 is 2.55 bits per heavy atom. The van der Waals surface area contributed by atoms with Gasteiger partial charge in [0.2, 0.25) is 0 Å². The molecule has 0 saturated carbocycles. The largest absolute Gasteiger partial charge is 0.359 e. The Morgan fingerprint density at radius 2 is 1.90 bits per heavy atom. The molecule has 2 aromatic rings. The number of aryl methyl sites for hydroxylation is 1. The van der Waals surface area contributed by atoms with Crippen molar-refractivity contribution in [2.45, 2.75) is 46.0 Å². The van der Waals surface area contributed by atoms with E-state index in [-0.39, 0.29) is 5.91 Å². The van der Waals surface area contributed by atoms with E-state index in [4.69, 9.17) is 0 Å². The second kappa shape index (κ2) is 9.13. The van der Waals surface area contributed by atoms with E-state index in [0.717, 1.165) is 31.5 Å². The summed E-state index contributed by atoms with van der Waals surface area (Å²) in [5, 5.41) is 4.15. The quantitative estimate of drug-likeness (QED) is 0.532. The highest BCUT2D eigenvalue weighted by Crippen LogP contribution is 2.30. The highest BCUT2D eigenvalue weighted by molar-refractivity contribution is 6.32. The molecule has 2 aromatic heterocycles. The molecular weight excluding hydrogens is 364 g/mol. The fraction of sp³-hybridized carbons (Fsp3) is 0.455. The van der Waals surface area contributed by atoms with Gasteiger partial charge in [-0.15, -0.1) is 0 Å². The molecule has 7 nitrogen and oxygen atoms in total. The zero-order chi connectivity index (χ0) is 21.0. The molecule has 0 fully saturated rings. The molecule has 2 N–H and O–H groups in total. The van der Waals surface area contributed by atoms with Crippen molar-refractivity contribution in [2.24, 2.45) is 5.10 Å². The van der Waals surface area contributed by atoms with Crippen LogP contribution in [0.1, 0.15) is 60.9 Å². The molecule has 1 aliphatic heterocycles. The van der Waals surface area contributed by atoms with Crippen molar-refractivity contribution in [1.82, 2.24) is 25.3 Å². The van der Waals surface area contributed by atoms with E-state index in [2.05, 4.69) is 65.2 Å². The molecule has 0 spiro atoms. The van der Waals surface area contributed by atoms with Gasteiger partial charge in [0.1, 0.15) is 5.71 Å². The normalized spacial score (nSPS) is 15.5. The average Bonchev–Trinajstić information content (AvgIpc) is 3.19. The van der Waals surface area contributed by atoms with Gasteiger partial charge in [0.05, 0.1) is 5.57 Å². The van der Waals surface area contributed by atoms with Crippen LogP contribution in [0.2, 0.25) is 0 Å². The summed E-state index contributed by atoms with van der Waals surface area (Å²) in [5.74, 6) is 0.547. The lowest BCUT2D eigenvalue weighted by Gasteiger charge is -2.12. The Bertz CT molecular complexity index is 924. The number of aromatic amines is 1. The minimum Gasteiger partial charge on any atom is -0.359 e. The van der Waals surface area contributed by atoms with Crippen molar-refractivity contribution < 1.29 is 4.79 Å². The number of nitrogens with one attached hydrogen (secondary N) is 2. The SMILES string of the molecule is Cc1[nH]c(/C=C2/C(=O)NN=C2c2ncccn2)c(C(C)C)c1CCCCN(C)C. The first-order valence-corrected chi connectivity index (χ1v) is 10.1. The summed E-state index contributed by atoms with van der Waals surface area (Å²) >= 11 is 0. The van der Waals surface area contributed by atoms with E-state index in [0.29, 0.717) is 23.0 Å². The van der Waals surface area contributed by atoms with Crippen molar-refractivity contribution in [3.05, 3.63) is 52.4 Å². The van der Waals surface area contributed by atoms with Crippen LogP contribution >= 0.6 is 0 Å². The van der Waals surface area contributed by atoms with Gasteiger partial charge in [-0.25, -0.2) is 15.4 Å². The first-order valence-electron chi connectivity index (χ1n) is 10.1. The first-order chi connectivity index (χ1) is 13.9. The maximum atomic E-state index is 12.4. The Labute approximate surface area is 172 Å². The second-order valence-corrected chi connectivity index (χ2v) is 8.00. The summed E-state index contributed by atoms with van der Waals surface area (Å²) in [4.78, 5) is 26.6. The van der Waals surface area contributed by atoms with E-state index in [1.807, 2.05) is 6.08 Å². The Kier molecular flexibility index (Phi) is 6.59. The lowest BCUT2D eigenvalue weighted by Crippen LogP contribution is -2.14. The molecule has 0 bridgehead atoms. The van der Waals surface area contributed by atoms with Crippen molar-refractivity contribution in [3.8, 4) is 0 Å². The number of H-pyrrole nitrogens is 1. The average molecular weight is 395 g/mol.